The molecule has 0 spiro atoms. The van der Waals surface area contributed by atoms with Gasteiger partial charge < -0.3 is 5.32 Å². The van der Waals surface area contributed by atoms with Gasteiger partial charge in [0.2, 0.25) is 0 Å². The number of hydrogen-bond acceptors (Lipinski definition) is 1. The van der Waals surface area contributed by atoms with Gasteiger partial charge in [0.25, 0.3) is 5.91 Å². The Morgan fingerprint density at radius 1 is 1.50 bits per heavy atom. The van der Waals surface area contributed by atoms with Crippen molar-refractivity contribution in [3.8, 4) is 10.8 Å². The third-order valence-corrected chi connectivity index (χ3v) is 3.11. The molecule has 1 N–H and O–H groups in total. The molecule has 1 fully saturated rings. The van der Waals surface area contributed by atoms with E-state index >= 15 is 0 Å². The Labute approximate surface area is 94.0 Å². The van der Waals surface area contributed by atoms with Gasteiger partial charge in [-0.3, -0.25) is 4.79 Å². The van der Waals surface area contributed by atoms with E-state index in [4.69, 9.17) is 0 Å². The lowest BCUT2D eigenvalue weighted by Crippen LogP contribution is -2.41. The predicted octanol–water partition coefficient (Wildman–Crippen LogP) is 2.43. The second-order valence-corrected chi connectivity index (χ2v) is 4.15. The molecule has 0 aromatic carbocycles. The van der Waals surface area contributed by atoms with Gasteiger partial charge >= 0.3 is 0 Å². The third-order valence-electron chi connectivity index (χ3n) is 2.91. The van der Waals surface area contributed by atoms with Crippen molar-refractivity contribution in [1.29, 1.82) is 0 Å². The Kier molecular flexibility index (Phi) is 5.03. The molecule has 0 bridgehead atoms. The molecule has 2 nitrogen and oxygen atoms in total. The van der Waals surface area contributed by atoms with E-state index in [1.165, 1.54) is 19.3 Å². The number of carbonyl (C=O) groups is 1. The van der Waals surface area contributed by atoms with E-state index in [1.54, 1.807) is 0 Å². The molecule has 0 radical (unpaired) electrons. The molecule has 1 aliphatic rings. The maximum Gasteiger partial charge on any atom is 0.296 e. The normalized spacial score (nSPS) is 26.1. The molecule has 2 atom stereocenters. The first kappa shape index (κ1) is 11.6. The van der Waals surface area contributed by atoms with Gasteiger partial charge in [-0.2, -0.15) is 0 Å². The van der Waals surface area contributed by atoms with E-state index < -0.39 is 0 Å². The highest BCUT2D eigenvalue weighted by molar-refractivity contribution is 9.12. The highest BCUT2D eigenvalue weighted by Gasteiger charge is 2.24. The summed E-state index contributed by atoms with van der Waals surface area (Å²) in [6, 6.07) is 0.342. The summed E-state index contributed by atoms with van der Waals surface area (Å²) in [5.74, 6) is 2.94. The Morgan fingerprint density at radius 3 is 2.86 bits per heavy atom. The minimum absolute atomic E-state index is 0.160. The lowest BCUT2D eigenvalue weighted by Gasteiger charge is -2.30. The highest BCUT2D eigenvalue weighted by atomic mass is 79.9. The highest BCUT2D eigenvalue weighted by Crippen LogP contribution is 2.26. The van der Waals surface area contributed by atoms with Gasteiger partial charge in [-0.25, -0.2) is 0 Å². The first-order chi connectivity index (χ1) is 6.77. The number of carbonyl (C=O) groups excluding carboxylic acids is 1. The number of nitrogens with one attached hydrogen (secondary N) is 1. The van der Waals surface area contributed by atoms with Crippen LogP contribution in [0.15, 0.2) is 0 Å². The molecule has 3 heteroatoms. The number of halogens is 1. The SMILES string of the molecule is CCC1CCCCC1NC(=O)C#CBr. The Hall–Kier alpha value is -0.490. The second-order valence-electron chi connectivity index (χ2n) is 3.75. The first-order valence-corrected chi connectivity index (χ1v) is 5.99. The van der Waals surface area contributed by atoms with E-state index in [1.807, 2.05) is 0 Å². The molecular formula is C11H16BrNO. The molecule has 0 aromatic rings. The van der Waals surface area contributed by atoms with Crippen LogP contribution in [0.1, 0.15) is 39.0 Å². The molecule has 0 aliphatic heterocycles. The molecule has 1 rings (SSSR count). The van der Waals surface area contributed by atoms with Crippen molar-refractivity contribution in [2.75, 3.05) is 0 Å². The zero-order valence-electron chi connectivity index (χ0n) is 8.48. The van der Waals surface area contributed by atoms with Crippen LogP contribution in [0.2, 0.25) is 0 Å². The van der Waals surface area contributed by atoms with Crippen molar-refractivity contribution in [2.45, 2.75) is 45.1 Å². The summed E-state index contributed by atoms with van der Waals surface area (Å²) < 4.78 is 0. The third kappa shape index (κ3) is 3.34. The second kappa shape index (κ2) is 6.08. The molecular weight excluding hydrogens is 242 g/mol. The van der Waals surface area contributed by atoms with Gasteiger partial charge in [-0.05, 0) is 23.6 Å². The molecule has 2 unspecified atom stereocenters. The Morgan fingerprint density at radius 2 is 2.21 bits per heavy atom. The fourth-order valence-corrected chi connectivity index (χ4v) is 2.31. The summed E-state index contributed by atoms with van der Waals surface area (Å²) in [4.78, 5) is 13.7. The first-order valence-electron chi connectivity index (χ1n) is 5.20. The van der Waals surface area contributed by atoms with Crippen LogP contribution in [0.5, 0.6) is 0 Å². The lowest BCUT2D eigenvalue weighted by molar-refractivity contribution is -0.116. The molecule has 0 saturated heterocycles. The van der Waals surface area contributed by atoms with E-state index in [0.29, 0.717) is 12.0 Å². The largest absolute Gasteiger partial charge is 0.342 e. The number of amides is 1. The topological polar surface area (TPSA) is 29.1 Å². The van der Waals surface area contributed by atoms with E-state index in [9.17, 15) is 4.79 Å². The van der Waals surface area contributed by atoms with Crippen LogP contribution < -0.4 is 5.32 Å². The van der Waals surface area contributed by atoms with Crippen molar-refractivity contribution < 1.29 is 4.79 Å². The summed E-state index contributed by atoms with van der Waals surface area (Å²) in [6.07, 6.45) is 6.02. The molecule has 14 heavy (non-hydrogen) atoms. The summed E-state index contributed by atoms with van der Waals surface area (Å²) >= 11 is 2.93. The minimum Gasteiger partial charge on any atom is -0.342 e. The molecule has 1 amide bonds. The zero-order chi connectivity index (χ0) is 10.4. The van der Waals surface area contributed by atoms with Gasteiger partial charge in [-0.15, -0.1) is 0 Å². The molecule has 78 valence electrons. The maximum atomic E-state index is 11.3. The van der Waals surface area contributed by atoms with Crippen LogP contribution in [0.4, 0.5) is 0 Å². The van der Waals surface area contributed by atoms with Crippen molar-refractivity contribution in [3.63, 3.8) is 0 Å². The summed E-state index contributed by atoms with van der Waals surface area (Å²) in [6.45, 7) is 2.19. The smallest absolute Gasteiger partial charge is 0.296 e. The fraction of sp³-hybridized carbons (Fsp3) is 0.727. The standard InChI is InChI=1S/C11H16BrNO/c1-2-9-5-3-4-6-10(9)13-11(14)7-8-12/h9-10H,2-6H2,1H3,(H,13,14). The van der Waals surface area contributed by atoms with E-state index in [2.05, 4.69) is 38.9 Å². The van der Waals surface area contributed by atoms with Gasteiger partial charge in [0.05, 0.1) is 0 Å². The zero-order valence-corrected chi connectivity index (χ0v) is 10.1. The molecule has 0 aromatic heterocycles. The van der Waals surface area contributed by atoms with Crippen LogP contribution in [0.25, 0.3) is 0 Å². The fourth-order valence-electron chi connectivity index (χ4n) is 2.13. The Bertz CT molecular complexity index is 254. The van der Waals surface area contributed by atoms with E-state index in [0.717, 1.165) is 12.8 Å². The summed E-state index contributed by atoms with van der Waals surface area (Å²) in [5, 5.41) is 2.98. The maximum absolute atomic E-state index is 11.3. The van der Waals surface area contributed by atoms with Gasteiger partial charge in [0, 0.05) is 27.9 Å². The van der Waals surface area contributed by atoms with Crippen LogP contribution in [0, 0.1) is 16.7 Å². The van der Waals surface area contributed by atoms with Gasteiger partial charge in [0.15, 0.2) is 0 Å². The van der Waals surface area contributed by atoms with Gasteiger partial charge in [-0.1, -0.05) is 26.2 Å². The van der Waals surface area contributed by atoms with E-state index in [-0.39, 0.29) is 5.91 Å². The van der Waals surface area contributed by atoms with Crippen molar-refractivity contribution >= 4 is 21.8 Å². The lowest BCUT2D eigenvalue weighted by atomic mass is 9.83. The number of rotatable bonds is 2. The molecule has 1 aliphatic carbocycles. The monoisotopic (exact) mass is 257 g/mol. The Balaban J connectivity index is 2.46. The van der Waals surface area contributed by atoms with Crippen LogP contribution in [-0.4, -0.2) is 11.9 Å². The van der Waals surface area contributed by atoms with Crippen LogP contribution >= 0.6 is 15.9 Å². The average Bonchev–Trinajstić information content (AvgIpc) is 2.19. The van der Waals surface area contributed by atoms with Gasteiger partial charge in [0.1, 0.15) is 0 Å². The predicted molar refractivity (Wildman–Crippen MR) is 60.9 cm³/mol. The summed E-state index contributed by atoms with van der Waals surface area (Å²) in [5.41, 5.74) is 0. The average molecular weight is 258 g/mol. The van der Waals surface area contributed by atoms with Crippen molar-refractivity contribution in [3.05, 3.63) is 0 Å². The van der Waals surface area contributed by atoms with Crippen LogP contribution in [0.3, 0.4) is 0 Å². The number of hydrogen-bond donors (Lipinski definition) is 1. The van der Waals surface area contributed by atoms with Crippen molar-refractivity contribution in [1.82, 2.24) is 5.32 Å². The van der Waals surface area contributed by atoms with Crippen molar-refractivity contribution in [2.24, 2.45) is 5.92 Å². The molecule has 1 saturated carbocycles. The summed E-state index contributed by atoms with van der Waals surface area (Å²) in [7, 11) is 0. The quantitative estimate of drug-likeness (QED) is 0.757. The van der Waals surface area contributed by atoms with Crippen LogP contribution in [-0.2, 0) is 4.79 Å². The minimum atomic E-state index is -0.160. The molecule has 0 heterocycles.